The minimum atomic E-state index is -1.11. The van der Waals surface area contributed by atoms with Crippen LogP contribution >= 0.6 is 11.6 Å². The van der Waals surface area contributed by atoms with Crippen molar-refractivity contribution in [3.8, 4) is 0 Å². The second-order valence-corrected chi connectivity index (χ2v) is 4.01. The van der Waals surface area contributed by atoms with E-state index in [1.54, 1.807) is 24.3 Å². The number of carboxylic acid groups (broad SMARTS) is 1. The van der Waals surface area contributed by atoms with E-state index in [2.05, 4.69) is 0 Å². The summed E-state index contributed by atoms with van der Waals surface area (Å²) in [5.41, 5.74) is 1.29. The molecule has 90 valence electrons. The Balaban J connectivity index is 2.93. The zero-order valence-electron chi connectivity index (χ0n) is 9.44. The topological polar surface area (TPSA) is 54.4 Å². The van der Waals surface area contributed by atoms with Gasteiger partial charge in [0.25, 0.3) is 0 Å². The number of ketones is 1. The van der Waals surface area contributed by atoms with Crippen LogP contribution in [0, 0.1) is 0 Å². The lowest BCUT2D eigenvalue weighted by atomic mass is 10.0. The highest BCUT2D eigenvalue weighted by Gasteiger charge is 2.11. The summed E-state index contributed by atoms with van der Waals surface area (Å²) in [6, 6.07) is 7.06. The number of rotatable bonds is 5. The van der Waals surface area contributed by atoms with Crippen molar-refractivity contribution in [2.24, 2.45) is 0 Å². The number of carboxylic acids is 1. The van der Waals surface area contributed by atoms with E-state index in [9.17, 15) is 9.59 Å². The molecule has 1 aromatic carbocycles. The Morgan fingerprint density at radius 3 is 2.65 bits per heavy atom. The standard InChI is InChI=1S/C13H13ClO3/c1-2-10(12(15)8-13(16)17)6-9-4-3-5-11(14)7-9/h3-7H,2,8H2,1H3,(H,16,17). The van der Waals surface area contributed by atoms with E-state index in [4.69, 9.17) is 16.7 Å². The van der Waals surface area contributed by atoms with Crippen molar-refractivity contribution in [1.29, 1.82) is 0 Å². The summed E-state index contributed by atoms with van der Waals surface area (Å²) in [6.45, 7) is 1.82. The lowest BCUT2D eigenvalue weighted by Gasteiger charge is -2.02. The number of aliphatic carboxylic acids is 1. The van der Waals surface area contributed by atoms with Crippen LogP contribution in [0.15, 0.2) is 29.8 Å². The van der Waals surface area contributed by atoms with Crippen LogP contribution in [0.2, 0.25) is 5.02 Å². The van der Waals surface area contributed by atoms with E-state index in [0.29, 0.717) is 17.0 Å². The van der Waals surface area contributed by atoms with E-state index in [-0.39, 0.29) is 5.78 Å². The molecule has 1 N–H and O–H groups in total. The van der Waals surface area contributed by atoms with Crippen molar-refractivity contribution in [2.75, 3.05) is 0 Å². The van der Waals surface area contributed by atoms with Gasteiger partial charge in [-0.3, -0.25) is 9.59 Å². The fourth-order valence-electron chi connectivity index (χ4n) is 1.43. The normalized spacial score (nSPS) is 11.3. The molecule has 0 saturated heterocycles. The Bertz CT molecular complexity index is 463. The Kier molecular flexibility index (Phi) is 4.91. The molecule has 3 nitrogen and oxygen atoms in total. The smallest absolute Gasteiger partial charge is 0.311 e. The molecule has 1 aromatic rings. The van der Waals surface area contributed by atoms with Gasteiger partial charge < -0.3 is 5.11 Å². The summed E-state index contributed by atoms with van der Waals surface area (Å²) < 4.78 is 0. The summed E-state index contributed by atoms with van der Waals surface area (Å²) in [7, 11) is 0. The first-order valence-corrected chi connectivity index (χ1v) is 5.62. The van der Waals surface area contributed by atoms with Gasteiger partial charge in [0.15, 0.2) is 5.78 Å². The second kappa shape index (κ2) is 6.21. The number of hydrogen-bond acceptors (Lipinski definition) is 2. The quantitative estimate of drug-likeness (QED) is 0.647. The molecule has 1 rings (SSSR count). The van der Waals surface area contributed by atoms with Crippen LogP contribution < -0.4 is 0 Å². The molecule has 0 atom stereocenters. The molecular weight excluding hydrogens is 240 g/mol. The Labute approximate surface area is 105 Å². The highest BCUT2D eigenvalue weighted by atomic mass is 35.5. The maximum atomic E-state index is 11.6. The second-order valence-electron chi connectivity index (χ2n) is 3.57. The van der Waals surface area contributed by atoms with Crippen molar-refractivity contribution >= 4 is 29.4 Å². The number of Topliss-reactive ketones (excluding diaryl/α,β-unsaturated/α-hetero) is 1. The van der Waals surface area contributed by atoms with E-state index < -0.39 is 12.4 Å². The predicted molar refractivity (Wildman–Crippen MR) is 67.0 cm³/mol. The van der Waals surface area contributed by atoms with Crippen LogP contribution in [0.1, 0.15) is 25.3 Å². The van der Waals surface area contributed by atoms with Crippen molar-refractivity contribution < 1.29 is 14.7 Å². The molecule has 17 heavy (non-hydrogen) atoms. The number of carbonyl (C=O) groups excluding carboxylic acids is 1. The van der Waals surface area contributed by atoms with Gasteiger partial charge in [0.2, 0.25) is 0 Å². The van der Waals surface area contributed by atoms with Gasteiger partial charge in [-0.1, -0.05) is 30.7 Å². The minimum Gasteiger partial charge on any atom is -0.481 e. The maximum absolute atomic E-state index is 11.6. The van der Waals surface area contributed by atoms with Crippen LogP contribution in [0.4, 0.5) is 0 Å². The van der Waals surface area contributed by atoms with Crippen LogP contribution in [0.3, 0.4) is 0 Å². The van der Waals surface area contributed by atoms with E-state index >= 15 is 0 Å². The first kappa shape index (κ1) is 13.5. The van der Waals surface area contributed by atoms with Crippen LogP contribution in [-0.4, -0.2) is 16.9 Å². The maximum Gasteiger partial charge on any atom is 0.311 e. The van der Waals surface area contributed by atoms with E-state index in [1.165, 1.54) is 0 Å². The molecule has 0 amide bonds. The van der Waals surface area contributed by atoms with Crippen LogP contribution in [0.5, 0.6) is 0 Å². The molecule has 0 spiro atoms. The molecule has 0 heterocycles. The van der Waals surface area contributed by atoms with Crippen molar-refractivity contribution in [3.63, 3.8) is 0 Å². The summed E-state index contributed by atoms with van der Waals surface area (Å²) >= 11 is 5.83. The SMILES string of the molecule is CCC(=Cc1cccc(Cl)c1)C(=O)CC(=O)O. The first-order chi connectivity index (χ1) is 8.02. The van der Waals surface area contributed by atoms with Crippen molar-refractivity contribution in [3.05, 3.63) is 40.4 Å². The molecule has 0 aliphatic rings. The van der Waals surface area contributed by atoms with Crippen molar-refractivity contribution in [1.82, 2.24) is 0 Å². The molecule has 0 fully saturated rings. The van der Waals surface area contributed by atoms with Gasteiger partial charge in [0.1, 0.15) is 6.42 Å². The predicted octanol–water partition coefficient (Wildman–Crippen LogP) is 3.18. The highest BCUT2D eigenvalue weighted by Crippen LogP contribution is 2.16. The minimum absolute atomic E-state index is 0.361. The third-order valence-corrected chi connectivity index (χ3v) is 2.48. The summed E-state index contributed by atoms with van der Waals surface area (Å²) in [5, 5.41) is 9.15. The van der Waals surface area contributed by atoms with Gasteiger partial charge in [-0.05, 0) is 35.8 Å². The zero-order chi connectivity index (χ0) is 12.8. The Morgan fingerprint density at radius 2 is 2.12 bits per heavy atom. The summed E-state index contributed by atoms with van der Waals surface area (Å²) in [4.78, 5) is 22.1. The van der Waals surface area contributed by atoms with Crippen LogP contribution in [0.25, 0.3) is 6.08 Å². The summed E-state index contributed by atoms with van der Waals surface area (Å²) in [5.74, 6) is -1.47. The van der Waals surface area contributed by atoms with Gasteiger partial charge in [-0.2, -0.15) is 0 Å². The lowest BCUT2D eigenvalue weighted by molar-refractivity contribution is -0.139. The average molecular weight is 253 g/mol. The monoisotopic (exact) mass is 252 g/mol. The molecule has 0 unspecified atom stereocenters. The Hall–Kier alpha value is -1.61. The molecule has 0 aliphatic carbocycles. The number of hydrogen-bond donors (Lipinski definition) is 1. The molecule has 0 bridgehead atoms. The van der Waals surface area contributed by atoms with Gasteiger partial charge in [0.05, 0.1) is 0 Å². The highest BCUT2D eigenvalue weighted by molar-refractivity contribution is 6.30. The number of benzene rings is 1. The summed E-state index contributed by atoms with van der Waals surface area (Å²) in [6.07, 6.45) is 1.70. The van der Waals surface area contributed by atoms with E-state index in [1.807, 2.05) is 13.0 Å². The molecule has 4 heteroatoms. The molecule has 0 saturated carbocycles. The zero-order valence-corrected chi connectivity index (χ0v) is 10.2. The third kappa shape index (κ3) is 4.41. The fourth-order valence-corrected chi connectivity index (χ4v) is 1.63. The van der Waals surface area contributed by atoms with Crippen molar-refractivity contribution in [2.45, 2.75) is 19.8 Å². The largest absolute Gasteiger partial charge is 0.481 e. The fraction of sp³-hybridized carbons (Fsp3) is 0.231. The van der Waals surface area contributed by atoms with E-state index in [0.717, 1.165) is 5.56 Å². The molecule has 0 radical (unpaired) electrons. The van der Waals surface area contributed by atoms with Gasteiger partial charge in [-0.25, -0.2) is 0 Å². The number of carbonyl (C=O) groups is 2. The van der Waals surface area contributed by atoms with Gasteiger partial charge in [-0.15, -0.1) is 0 Å². The first-order valence-electron chi connectivity index (χ1n) is 5.24. The molecule has 0 aliphatic heterocycles. The third-order valence-electron chi connectivity index (χ3n) is 2.24. The molecular formula is C13H13ClO3. The number of halogens is 1. The Morgan fingerprint density at radius 1 is 1.41 bits per heavy atom. The molecule has 0 aromatic heterocycles. The average Bonchev–Trinajstić information content (AvgIpc) is 2.24. The van der Waals surface area contributed by atoms with Crippen LogP contribution in [-0.2, 0) is 9.59 Å². The van der Waals surface area contributed by atoms with Gasteiger partial charge in [0, 0.05) is 5.02 Å². The van der Waals surface area contributed by atoms with Gasteiger partial charge >= 0.3 is 5.97 Å². The lowest BCUT2D eigenvalue weighted by Crippen LogP contribution is -2.08. The number of allylic oxidation sites excluding steroid dienone is 1.